The van der Waals surface area contributed by atoms with Crippen LogP contribution in [0.4, 0.5) is 0 Å². The van der Waals surface area contributed by atoms with Gasteiger partial charge in [0.25, 0.3) is 5.91 Å². The van der Waals surface area contributed by atoms with Gasteiger partial charge in [-0.15, -0.1) is 11.3 Å². The minimum Gasteiger partial charge on any atom is -0.373 e. The lowest BCUT2D eigenvalue weighted by Gasteiger charge is -2.05. The molecule has 0 aliphatic carbocycles. The van der Waals surface area contributed by atoms with Crippen molar-refractivity contribution in [3.63, 3.8) is 0 Å². The largest absolute Gasteiger partial charge is 0.373 e. The van der Waals surface area contributed by atoms with E-state index >= 15 is 0 Å². The highest BCUT2D eigenvalue weighted by molar-refractivity contribution is 7.14. The summed E-state index contributed by atoms with van der Waals surface area (Å²) in [5, 5.41) is 6.88. The molecule has 0 saturated carbocycles. The summed E-state index contributed by atoms with van der Waals surface area (Å²) in [6.07, 6.45) is 2.76. The lowest BCUT2D eigenvalue weighted by Crippen LogP contribution is -2.24. The van der Waals surface area contributed by atoms with E-state index in [9.17, 15) is 4.79 Å². The molecule has 1 amide bonds. The summed E-state index contributed by atoms with van der Waals surface area (Å²) in [6.45, 7) is 1.25. The van der Waals surface area contributed by atoms with Crippen molar-refractivity contribution in [3.8, 4) is 11.4 Å². The fraction of sp³-hybridized carbons (Fsp3) is 0.316. The molecule has 1 fully saturated rings. The second-order valence-corrected chi connectivity index (χ2v) is 7.20. The Morgan fingerprint density at radius 1 is 1.23 bits per heavy atom. The number of amides is 1. The highest BCUT2D eigenvalue weighted by Gasteiger charge is 2.20. The molecular formula is C19H19N3O3S. The van der Waals surface area contributed by atoms with E-state index in [0.717, 1.165) is 29.9 Å². The SMILES string of the molecule is O=C(NCCc1nc(-c2ccccc2)no1)c1ccc([C@H]2CCCO2)s1. The van der Waals surface area contributed by atoms with Gasteiger partial charge in [-0.25, -0.2) is 0 Å². The molecule has 3 aromatic rings. The molecule has 6 nitrogen and oxygen atoms in total. The highest BCUT2D eigenvalue weighted by atomic mass is 32.1. The van der Waals surface area contributed by atoms with E-state index in [2.05, 4.69) is 15.5 Å². The van der Waals surface area contributed by atoms with Crippen LogP contribution in [0.25, 0.3) is 11.4 Å². The maximum absolute atomic E-state index is 12.3. The van der Waals surface area contributed by atoms with Gasteiger partial charge in [0, 0.05) is 30.0 Å². The summed E-state index contributed by atoms with van der Waals surface area (Å²) in [6, 6.07) is 13.5. The number of carbonyl (C=O) groups excluding carboxylic acids is 1. The fourth-order valence-electron chi connectivity index (χ4n) is 2.88. The van der Waals surface area contributed by atoms with Crippen LogP contribution in [0.1, 0.15) is 39.4 Å². The summed E-state index contributed by atoms with van der Waals surface area (Å²) in [5.41, 5.74) is 0.909. The van der Waals surface area contributed by atoms with Crippen LogP contribution in [0.15, 0.2) is 47.0 Å². The zero-order chi connectivity index (χ0) is 17.8. The molecule has 1 N–H and O–H groups in total. The molecule has 4 rings (SSSR count). The summed E-state index contributed by atoms with van der Waals surface area (Å²) in [5.74, 6) is 0.990. The Kier molecular flexibility index (Phi) is 5.08. The van der Waals surface area contributed by atoms with Crippen molar-refractivity contribution in [1.29, 1.82) is 0 Å². The summed E-state index contributed by atoms with van der Waals surface area (Å²) < 4.78 is 10.9. The van der Waals surface area contributed by atoms with Crippen LogP contribution in [0, 0.1) is 0 Å². The van der Waals surface area contributed by atoms with E-state index in [4.69, 9.17) is 9.26 Å². The normalized spacial score (nSPS) is 16.7. The number of ether oxygens (including phenoxy) is 1. The van der Waals surface area contributed by atoms with Gasteiger partial charge in [0.05, 0.1) is 11.0 Å². The first-order chi connectivity index (χ1) is 12.8. The molecule has 0 bridgehead atoms. The third kappa shape index (κ3) is 3.84. The van der Waals surface area contributed by atoms with Crippen molar-refractivity contribution in [2.24, 2.45) is 0 Å². The van der Waals surface area contributed by atoms with Gasteiger partial charge in [0.1, 0.15) is 0 Å². The van der Waals surface area contributed by atoms with E-state index in [1.807, 2.05) is 42.5 Å². The lowest BCUT2D eigenvalue weighted by molar-refractivity contribution is 0.0957. The van der Waals surface area contributed by atoms with Crippen molar-refractivity contribution < 1.29 is 14.1 Å². The Hall–Kier alpha value is -2.51. The summed E-state index contributed by atoms with van der Waals surface area (Å²) >= 11 is 1.50. The summed E-state index contributed by atoms with van der Waals surface area (Å²) in [4.78, 5) is 18.5. The van der Waals surface area contributed by atoms with Gasteiger partial charge in [-0.1, -0.05) is 35.5 Å². The molecule has 1 atom stereocenters. The Morgan fingerprint density at radius 2 is 2.12 bits per heavy atom. The number of benzene rings is 1. The van der Waals surface area contributed by atoms with Gasteiger partial charge in [-0.3, -0.25) is 4.79 Å². The van der Waals surface area contributed by atoms with Gasteiger partial charge in [0.15, 0.2) is 0 Å². The highest BCUT2D eigenvalue weighted by Crippen LogP contribution is 2.33. The molecular weight excluding hydrogens is 350 g/mol. The van der Waals surface area contributed by atoms with Crippen molar-refractivity contribution in [2.75, 3.05) is 13.2 Å². The minimum absolute atomic E-state index is 0.0814. The maximum atomic E-state index is 12.3. The molecule has 0 unspecified atom stereocenters. The number of hydrogen-bond donors (Lipinski definition) is 1. The van der Waals surface area contributed by atoms with Crippen LogP contribution >= 0.6 is 11.3 Å². The lowest BCUT2D eigenvalue weighted by atomic mass is 10.2. The number of hydrogen-bond acceptors (Lipinski definition) is 6. The molecule has 2 aromatic heterocycles. The molecule has 7 heteroatoms. The summed E-state index contributed by atoms with van der Waals surface area (Å²) in [7, 11) is 0. The van der Waals surface area contributed by atoms with Gasteiger partial charge >= 0.3 is 0 Å². The molecule has 1 aromatic carbocycles. The van der Waals surface area contributed by atoms with Gasteiger partial charge in [-0.2, -0.15) is 4.98 Å². The predicted octanol–water partition coefficient (Wildman–Crippen LogP) is 3.62. The number of aromatic nitrogens is 2. The maximum Gasteiger partial charge on any atom is 0.261 e. The average Bonchev–Trinajstić information content (AvgIpc) is 3.42. The Bertz CT molecular complexity index is 869. The Labute approximate surface area is 155 Å². The van der Waals surface area contributed by atoms with E-state index in [0.29, 0.717) is 29.6 Å². The first-order valence-electron chi connectivity index (χ1n) is 8.67. The average molecular weight is 369 g/mol. The number of rotatable bonds is 6. The van der Waals surface area contributed by atoms with E-state index < -0.39 is 0 Å². The van der Waals surface area contributed by atoms with Gasteiger partial charge < -0.3 is 14.6 Å². The standard InChI is InChI=1S/C19H19N3O3S/c23-19(16-9-8-15(26-16)14-7-4-12-24-14)20-11-10-17-21-18(22-25-17)13-5-2-1-3-6-13/h1-3,5-6,8-9,14H,4,7,10-12H2,(H,20,23)/t14-/m1/s1. The second kappa shape index (κ2) is 7.80. The van der Waals surface area contributed by atoms with Crippen LogP contribution in [0.2, 0.25) is 0 Å². The molecule has 0 radical (unpaired) electrons. The van der Waals surface area contributed by atoms with Gasteiger partial charge in [0.2, 0.25) is 11.7 Å². The van der Waals surface area contributed by atoms with Crippen molar-refractivity contribution >= 4 is 17.2 Å². The topological polar surface area (TPSA) is 77.3 Å². The van der Waals surface area contributed by atoms with Crippen molar-refractivity contribution in [1.82, 2.24) is 15.5 Å². The first kappa shape index (κ1) is 16.9. The fourth-order valence-corrected chi connectivity index (χ4v) is 3.89. The van der Waals surface area contributed by atoms with E-state index in [-0.39, 0.29) is 12.0 Å². The molecule has 134 valence electrons. The molecule has 1 aliphatic heterocycles. The number of carbonyl (C=O) groups is 1. The molecule has 1 saturated heterocycles. The number of thiophene rings is 1. The molecule has 0 spiro atoms. The number of nitrogens with zero attached hydrogens (tertiary/aromatic N) is 2. The van der Waals surface area contributed by atoms with Crippen LogP contribution in [-0.2, 0) is 11.2 Å². The Balaban J connectivity index is 1.29. The molecule has 3 heterocycles. The quantitative estimate of drug-likeness (QED) is 0.718. The molecule has 26 heavy (non-hydrogen) atoms. The number of nitrogens with one attached hydrogen (secondary N) is 1. The zero-order valence-corrected chi connectivity index (χ0v) is 15.0. The van der Waals surface area contributed by atoms with Crippen molar-refractivity contribution in [3.05, 3.63) is 58.1 Å². The van der Waals surface area contributed by atoms with Gasteiger partial charge in [-0.05, 0) is 25.0 Å². The third-order valence-corrected chi connectivity index (χ3v) is 5.40. The van der Waals surface area contributed by atoms with Crippen LogP contribution < -0.4 is 5.32 Å². The van der Waals surface area contributed by atoms with E-state index in [1.165, 1.54) is 11.3 Å². The first-order valence-corrected chi connectivity index (χ1v) is 9.49. The Morgan fingerprint density at radius 3 is 2.92 bits per heavy atom. The minimum atomic E-state index is -0.0814. The van der Waals surface area contributed by atoms with E-state index in [1.54, 1.807) is 0 Å². The predicted molar refractivity (Wildman–Crippen MR) is 98.0 cm³/mol. The molecule has 1 aliphatic rings. The van der Waals surface area contributed by atoms with Crippen LogP contribution in [0.5, 0.6) is 0 Å². The zero-order valence-electron chi connectivity index (χ0n) is 14.2. The van der Waals surface area contributed by atoms with Crippen LogP contribution in [0.3, 0.4) is 0 Å². The monoisotopic (exact) mass is 369 g/mol. The second-order valence-electron chi connectivity index (χ2n) is 6.09. The smallest absolute Gasteiger partial charge is 0.261 e. The van der Waals surface area contributed by atoms with Crippen LogP contribution in [-0.4, -0.2) is 29.2 Å². The van der Waals surface area contributed by atoms with Crippen molar-refractivity contribution in [2.45, 2.75) is 25.4 Å². The third-order valence-electron chi connectivity index (χ3n) is 4.22.